The van der Waals surface area contributed by atoms with E-state index in [1.54, 1.807) is 0 Å². The Balaban J connectivity index is 2.85. The summed E-state index contributed by atoms with van der Waals surface area (Å²) >= 11 is 6.40. The third kappa shape index (κ3) is 1.63. The van der Waals surface area contributed by atoms with Crippen LogP contribution in [0, 0.1) is 0 Å². The Morgan fingerprint density at radius 2 is 2.27 bits per heavy atom. The lowest BCUT2D eigenvalue weighted by Gasteiger charge is -1.88. The molecule has 0 bridgehead atoms. The lowest BCUT2D eigenvalue weighted by atomic mass is 10.4. The van der Waals surface area contributed by atoms with Crippen LogP contribution in [-0.4, -0.2) is 15.2 Å². The third-order valence-corrected chi connectivity index (χ3v) is 3.00. The molecule has 0 aromatic carbocycles. The van der Waals surface area contributed by atoms with Gasteiger partial charge < -0.3 is 0 Å². The maximum absolute atomic E-state index is 11.0. The molecule has 0 aliphatic rings. The highest BCUT2D eigenvalue weighted by atomic mass is 35.5. The summed E-state index contributed by atoms with van der Waals surface area (Å²) in [6, 6.07) is 0. The average Bonchev–Trinajstić information content (AvgIpc) is 2.58. The molecule has 8 heteroatoms. The molecule has 15 heavy (non-hydrogen) atoms. The Kier molecular flexibility index (Phi) is 2.51. The minimum absolute atomic E-state index is 0.144. The largest absolute Gasteiger partial charge is 0.275 e. The molecule has 0 spiro atoms. The number of carbonyl (C=O) groups is 1. The van der Waals surface area contributed by atoms with Crippen LogP contribution in [0.25, 0.3) is 20.8 Å². The van der Waals surface area contributed by atoms with Crippen molar-refractivity contribution in [1.82, 2.24) is 9.97 Å². The van der Waals surface area contributed by atoms with Gasteiger partial charge in [0.1, 0.15) is 15.2 Å². The minimum Gasteiger partial charge on any atom is -0.275 e. The molecule has 0 unspecified atom stereocenters. The average molecular weight is 240 g/mol. The molecule has 0 N–H and O–H groups in total. The Hall–Kier alpha value is -1.69. The highest BCUT2D eigenvalue weighted by molar-refractivity contribution is 7.22. The van der Waals surface area contributed by atoms with E-state index in [4.69, 9.17) is 17.1 Å². The quantitative estimate of drug-likeness (QED) is 0.349. The number of hydrogen-bond acceptors (Lipinski definition) is 5. The molecule has 0 aliphatic heterocycles. The van der Waals surface area contributed by atoms with Crippen LogP contribution < -0.4 is 0 Å². The van der Waals surface area contributed by atoms with Crippen LogP contribution in [0.4, 0.5) is 5.69 Å². The molecule has 0 amide bonds. The van der Waals surface area contributed by atoms with E-state index in [2.05, 4.69) is 20.0 Å². The zero-order valence-corrected chi connectivity index (χ0v) is 8.66. The normalized spacial score (nSPS) is 9.93. The number of halogens is 1. The summed E-state index contributed by atoms with van der Waals surface area (Å²) in [4.78, 5) is 22.3. The Morgan fingerprint density at radius 3 is 2.93 bits per heavy atom. The predicted molar refractivity (Wildman–Crippen MR) is 56.4 cm³/mol. The van der Waals surface area contributed by atoms with Crippen LogP contribution >= 0.6 is 22.9 Å². The third-order valence-electron chi connectivity index (χ3n) is 1.63. The number of nitrogens with zero attached hydrogens (tertiary/aromatic N) is 5. The monoisotopic (exact) mass is 239 g/mol. The van der Waals surface area contributed by atoms with Crippen molar-refractivity contribution in [2.24, 2.45) is 5.11 Å². The second kappa shape index (κ2) is 3.82. The number of thiophene rings is 1. The Bertz CT molecular complexity index is 588. The van der Waals surface area contributed by atoms with Crippen molar-refractivity contribution in [3.05, 3.63) is 27.7 Å². The van der Waals surface area contributed by atoms with Gasteiger partial charge in [-0.05, 0) is 17.1 Å². The van der Waals surface area contributed by atoms with E-state index in [1.807, 2.05) is 0 Å². The fourth-order valence-corrected chi connectivity index (χ4v) is 2.16. The van der Waals surface area contributed by atoms with Crippen LogP contribution in [0.5, 0.6) is 0 Å². The number of hydrogen-bond donors (Lipinski definition) is 0. The molecule has 2 aromatic rings. The van der Waals surface area contributed by atoms with E-state index in [9.17, 15) is 4.79 Å². The van der Waals surface area contributed by atoms with Gasteiger partial charge in [-0.1, -0.05) is 5.11 Å². The molecule has 0 radical (unpaired) electrons. The molecular weight excluding hydrogens is 238 g/mol. The van der Waals surface area contributed by atoms with Crippen LogP contribution in [0.1, 0.15) is 9.67 Å². The molecular formula is C7H2ClN5OS. The maximum Gasteiger partial charge on any atom is 0.263 e. The van der Waals surface area contributed by atoms with Crippen molar-refractivity contribution in [2.75, 3.05) is 0 Å². The molecule has 0 saturated carbocycles. The molecule has 74 valence electrons. The molecule has 2 rings (SSSR count). The van der Waals surface area contributed by atoms with Crippen LogP contribution in [0.3, 0.4) is 0 Å². The first-order chi connectivity index (χ1) is 7.24. The summed E-state index contributed by atoms with van der Waals surface area (Å²) < 4.78 is 0. The van der Waals surface area contributed by atoms with Crippen molar-refractivity contribution >= 4 is 44.2 Å². The van der Waals surface area contributed by atoms with Gasteiger partial charge >= 0.3 is 0 Å². The van der Waals surface area contributed by atoms with Gasteiger partial charge in [-0.25, -0.2) is 4.98 Å². The summed E-state index contributed by atoms with van der Waals surface area (Å²) in [5.74, 6) is 0. The topological polar surface area (TPSA) is 91.6 Å². The first-order valence-electron chi connectivity index (χ1n) is 3.72. The first kappa shape index (κ1) is 9.85. The van der Waals surface area contributed by atoms with Gasteiger partial charge in [0, 0.05) is 17.3 Å². The second-order valence-electron chi connectivity index (χ2n) is 2.45. The van der Waals surface area contributed by atoms with Gasteiger partial charge in [-0.2, -0.15) is 0 Å². The lowest BCUT2D eigenvalue weighted by molar-refractivity contribution is 0.108. The summed E-state index contributed by atoms with van der Waals surface area (Å²) in [5.41, 5.74) is 8.90. The lowest BCUT2D eigenvalue weighted by Crippen LogP contribution is -1.81. The molecule has 0 atom stereocenters. The number of rotatable bonds is 2. The van der Waals surface area contributed by atoms with E-state index in [0.717, 1.165) is 11.3 Å². The fraction of sp³-hybridized carbons (Fsp3) is 0. The van der Waals surface area contributed by atoms with Crippen LogP contribution in [0.15, 0.2) is 17.5 Å². The number of fused-ring (bicyclic) bond motifs is 1. The van der Waals surface area contributed by atoms with E-state index < -0.39 is 5.24 Å². The summed E-state index contributed by atoms with van der Waals surface area (Å²) in [6.07, 6.45) is 2.94. The molecule has 2 heterocycles. The van der Waals surface area contributed by atoms with Crippen LogP contribution in [-0.2, 0) is 0 Å². The van der Waals surface area contributed by atoms with E-state index >= 15 is 0 Å². The van der Waals surface area contributed by atoms with Gasteiger partial charge in [0.2, 0.25) is 0 Å². The second-order valence-corrected chi connectivity index (χ2v) is 3.80. The highest BCUT2D eigenvalue weighted by Gasteiger charge is 2.17. The number of carbonyl (C=O) groups excluding carboxylic acids is 1. The van der Waals surface area contributed by atoms with Gasteiger partial charge in [0.05, 0.1) is 5.69 Å². The van der Waals surface area contributed by atoms with Crippen molar-refractivity contribution in [1.29, 1.82) is 0 Å². The van der Waals surface area contributed by atoms with Gasteiger partial charge in [0.25, 0.3) is 5.24 Å². The molecule has 2 aromatic heterocycles. The van der Waals surface area contributed by atoms with E-state index in [-0.39, 0.29) is 10.6 Å². The Morgan fingerprint density at radius 1 is 1.53 bits per heavy atom. The van der Waals surface area contributed by atoms with Gasteiger partial charge in [-0.15, -0.1) is 11.3 Å². The highest BCUT2D eigenvalue weighted by Crippen LogP contribution is 2.36. The number of aromatic nitrogens is 2. The zero-order valence-electron chi connectivity index (χ0n) is 7.09. The predicted octanol–water partition coefficient (Wildman–Crippen LogP) is 3.01. The van der Waals surface area contributed by atoms with Crippen LogP contribution in [0.2, 0.25) is 0 Å². The molecule has 6 nitrogen and oxygen atoms in total. The van der Waals surface area contributed by atoms with Crippen molar-refractivity contribution < 1.29 is 4.79 Å². The molecule has 0 saturated heterocycles. The van der Waals surface area contributed by atoms with Crippen molar-refractivity contribution in [3.8, 4) is 0 Å². The smallest absolute Gasteiger partial charge is 0.263 e. The van der Waals surface area contributed by atoms with E-state index in [1.165, 1.54) is 12.4 Å². The van der Waals surface area contributed by atoms with Crippen molar-refractivity contribution in [2.45, 2.75) is 0 Å². The molecule has 0 fully saturated rings. The zero-order chi connectivity index (χ0) is 10.8. The summed E-state index contributed by atoms with van der Waals surface area (Å²) in [6.45, 7) is 0. The fourth-order valence-electron chi connectivity index (χ4n) is 1.09. The van der Waals surface area contributed by atoms with Gasteiger partial charge in [-0.3, -0.25) is 9.78 Å². The van der Waals surface area contributed by atoms with Crippen molar-refractivity contribution in [3.63, 3.8) is 0 Å². The Labute approximate surface area is 92.2 Å². The first-order valence-corrected chi connectivity index (χ1v) is 4.92. The maximum atomic E-state index is 11.0. The standard InChI is InChI=1S/C7H2ClN5OS/c8-6(14)5-3(12-13-9)4-7(15-5)11-2-1-10-4/h1-2H. The number of azide groups is 1. The molecule has 0 aliphatic carbocycles. The summed E-state index contributed by atoms with van der Waals surface area (Å²) in [5, 5.41) is 2.72. The van der Waals surface area contributed by atoms with E-state index in [0.29, 0.717) is 10.3 Å². The SMILES string of the molecule is [N-]=[N+]=Nc1c(C(=O)Cl)sc2nccnc12. The van der Waals surface area contributed by atoms with Gasteiger partial charge in [0.15, 0.2) is 0 Å². The minimum atomic E-state index is -0.679. The summed E-state index contributed by atoms with van der Waals surface area (Å²) in [7, 11) is 0.